The highest BCUT2D eigenvalue weighted by atomic mass is 32.2. The molecule has 118 valence electrons. The van der Waals surface area contributed by atoms with Crippen molar-refractivity contribution in [1.29, 1.82) is 0 Å². The molecule has 0 saturated carbocycles. The molecular weight excluding hydrogens is 294 g/mol. The van der Waals surface area contributed by atoms with Crippen molar-refractivity contribution in [1.82, 2.24) is 19.0 Å². The second-order valence-electron chi connectivity index (χ2n) is 5.14. The maximum absolute atomic E-state index is 12.5. The average Bonchev–Trinajstić information content (AvgIpc) is 2.72. The summed E-state index contributed by atoms with van der Waals surface area (Å²) in [7, 11) is -1.51. The number of hydrogen-bond acceptors (Lipinski definition) is 5. The van der Waals surface area contributed by atoms with Gasteiger partial charge >= 0.3 is 0 Å². The number of aryl methyl sites for hydroxylation is 2. The minimum absolute atomic E-state index is 0.199. The Balaban J connectivity index is 2.15. The van der Waals surface area contributed by atoms with Crippen LogP contribution in [0.3, 0.4) is 0 Å². The van der Waals surface area contributed by atoms with Crippen LogP contribution < -0.4 is 5.73 Å². The van der Waals surface area contributed by atoms with Crippen LogP contribution in [0, 0.1) is 0 Å². The van der Waals surface area contributed by atoms with Gasteiger partial charge in [-0.3, -0.25) is 9.48 Å². The Labute approximate surface area is 124 Å². The highest BCUT2D eigenvalue weighted by molar-refractivity contribution is 7.88. The second-order valence-corrected chi connectivity index (χ2v) is 7.12. The minimum Gasteiger partial charge on any atom is -0.395 e. The first-order valence-electron chi connectivity index (χ1n) is 6.81. The molecule has 2 heterocycles. The Morgan fingerprint density at radius 3 is 2.29 bits per heavy atom. The largest absolute Gasteiger partial charge is 0.395 e. The van der Waals surface area contributed by atoms with Gasteiger partial charge in [-0.25, -0.2) is 8.42 Å². The zero-order valence-corrected chi connectivity index (χ0v) is 13.4. The van der Waals surface area contributed by atoms with Gasteiger partial charge in [-0.05, 0) is 6.42 Å². The predicted octanol–water partition coefficient (Wildman–Crippen LogP) is -0.718. The summed E-state index contributed by atoms with van der Waals surface area (Å²) in [5.41, 5.74) is 7.47. The van der Waals surface area contributed by atoms with Gasteiger partial charge in [0, 0.05) is 33.2 Å². The Hall–Kier alpha value is -1.61. The van der Waals surface area contributed by atoms with Crippen LogP contribution in [-0.2, 0) is 23.5 Å². The Kier molecular flexibility index (Phi) is 4.24. The lowest BCUT2D eigenvalue weighted by Gasteiger charge is -2.33. The SMILES string of the molecule is CCc1nn(C)c(C(=O)N2CCN(S(C)(=O)=O)CC2)c1N. The summed E-state index contributed by atoms with van der Waals surface area (Å²) < 4.78 is 25.8. The van der Waals surface area contributed by atoms with E-state index in [9.17, 15) is 13.2 Å². The van der Waals surface area contributed by atoms with Gasteiger partial charge < -0.3 is 10.6 Å². The van der Waals surface area contributed by atoms with E-state index in [-0.39, 0.29) is 5.91 Å². The molecule has 21 heavy (non-hydrogen) atoms. The molecule has 0 spiro atoms. The molecule has 1 aromatic rings. The molecule has 1 aliphatic heterocycles. The summed E-state index contributed by atoms with van der Waals surface area (Å²) in [6.07, 6.45) is 1.84. The van der Waals surface area contributed by atoms with E-state index in [2.05, 4.69) is 5.10 Å². The van der Waals surface area contributed by atoms with Crippen molar-refractivity contribution < 1.29 is 13.2 Å². The van der Waals surface area contributed by atoms with Crippen molar-refractivity contribution in [2.45, 2.75) is 13.3 Å². The maximum Gasteiger partial charge on any atom is 0.274 e. The van der Waals surface area contributed by atoms with Crippen molar-refractivity contribution in [3.8, 4) is 0 Å². The molecule has 0 aromatic carbocycles. The molecule has 0 unspecified atom stereocenters. The fourth-order valence-corrected chi connectivity index (χ4v) is 3.31. The van der Waals surface area contributed by atoms with Gasteiger partial charge in [0.15, 0.2) is 0 Å². The van der Waals surface area contributed by atoms with Gasteiger partial charge in [-0.2, -0.15) is 9.40 Å². The van der Waals surface area contributed by atoms with E-state index in [1.807, 2.05) is 6.92 Å². The monoisotopic (exact) mass is 315 g/mol. The third-order valence-corrected chi connectivity index (χ3v) is 5.00. The van der Waals surface area contributed by atoms with E-state index < -0.39 is 10.0 Å². The van der Waals surface area contributed by atoms with Crippen LogP contribution in [-0.4, -0.2) is 65.7 Å². The zero-order chi connectivity index (χ0) is 15.8. The van der Waals surface area contributed by atoms with E-state index in [1.54, 1.807) is 11.9 Å². The van der Waals surface area contributed by atoms with Crippen LogP contribution in [0.15, 0.2) is 0 Å². The third-order valence-electron chi connectivity index (χ3n) is 3.69. The van der Waals surface area contributed by atoms with Gasteiger partial charge in [0.05, 0.1) is 17.6 Å². The van der Waals surface area contributed by atoms with Crippen LogP contribution in [0.2, 0.25) is 0 Å². The van der Waals surface area contributed by atoms with E-state index in [1.165, 1.54) is 15.2 Å². The fourth-order valence-electron chi connectivity index (χ4n) is 2.48. The normalized spacial score (nSPS) is 17.2. The highest BCUT2D eigenvalue weighted by Gasteiger charge is 2.29. The van der Waals surface area contributed by atoms with Gasteiger partial charge in [0.1, 0.15) is 5.69 Å². The first-order chi connectivity index (χ1) is 9.75. The number of amides is 1. The number of nitrogen functional groups attached to an aromatic ring is 1. The molecule has 0 aliphatic carbocycles. The molecule has 0 atom stereocenters. The lowest BCUT2D eigenvalue weighted by Crippen LogP contribution is -2.50. The molecule has 1 aromatic heterocycles. The molecular formula is C12H21N5O3S. The van der Waals surface area contributed by atoms with Crippen LogP contribution in [0.25, 0.3) is 0 Å². The molecule has 0 bridgehead atoms. The summed E-state index contributed by atoms with van der Waals surface area (Å²) in [5.74, 6) is -0.199. The van der Waals surface area contributed by atoms with E-state index >= 15 is 0 Å². The van der Waals surface area contributed by atoms with Crippen molar-refractivity contribution >= 4 is 21.6 Å². The van der Waals surface area contributed by atoms with Gasteiger partial charge in [-0.1, -0.05) is 6.92 Å². The second kappa shape index (κ2) is 5.64. The molecule has 2 rings (SSSR count). The summed E-state index contributed by atoms with van der Waals surface area (Å²) in [6.45, 7) is 3.26. The summed E-state index contributed by atoms with van der Waals surface area (Å²) in [6, 6.07) is 0. The number of anilines is 1. The lowest BCUT2D eigenvalue weighted by atomic mass is 10.2. The maximum atomic E-state index is 12.5. The minimum atomic E-state index is -3.20. The summed E-state index contributed by atoms with van der Waals surface area (Å²) >= 11 is 0. The first-order valence-corrected chi connectivity index (χ1v) is 8.66. The van der Waals surface area contributed by atoms with Gasteiger partial charge in [0.25, 0.3) is 5.91 Å². The Bertz CT molecular complexity index is 644. The molecule has 1 aliphatic rings. The summed E-state index contributed by atoms with van der Waals surface area (Å²) in [5, 5.41) is 4.24. The number of nitrogens with two attached hydrogens (primary N) is 1. The highest BCUT2D eigenvalue weighted by Crippen LogP contribution is 2.20. The Morgan fingerprint density at radius 2 is 1.86 bits per heavy atom. The van der Waals surface area contributed by atoms with Crippen LogP contribution in [0.4, 0.5) is 5.69 Å². The number of sulfonamides is 1. The van der Waals surface area contributed by atoms with E-state index in [0.29, 0.717) is 49.7 Å². The zero-order valence-electron chi connectivity index (χ0n) is 12.5. The molecule has 8 nitrogen and oxygen atoms in total. The average molecular weight is 315 g/mol. The lowest BCUT2D eigenvalue weighted by molar-refractivity contribution is 0.0688. The van der Waals surface area contributed by atoms with E-state index in [4.69, 9.17) is 5.73 Å². The number of carbonyl (C=O) groups is 1. The number of rotatable bonds is 3. The molecule has 1 amide bonds. The van der Waals surface area contributed by atoms with Crippen LogP contribution in [0.5, 0.6) is 0 Å². The molecule has 2 N–H and O–H groups in total. The van der Waals surface area contributed by atoms with E-state index in [0.717, 1.165) is 0 Å². The molecule has 9 heteroatoms. The third kappa shape index (κ3) is 3.03. The van der Waals surface area contributed by atoms with Crippen LogP contribution in [0.1, 0.15) is 23.1 Å². The number of aromatic nitrogens is 2. The van der Waals surface area contributed by atoms with Crippen LogP contribution >= 0.6 is 0 Å². The molecule has 0 radical (unpaired) electrons. The van der Waals surface area contributed by atoms with Crippen molar-refractivity contribution in [2.75, 3.05) is 38.2 Å². The topological polar surface area (TPSA) is 102 Å². The standard InChI is InChI=1S/C12H21N5O3S/c1-4-9-10(13)11(15(2)14-9)12(18)16-5-7-17(8-6-16)21(3,19)20/h4-8,13H2,1-3H3. The number of hydrogen-bond donors (Lipinski definition) is 1. The molecule has 1 fully saturated rings. The first kappa shape index (κ1) is 15.8. The number of carbonyl (C=O) groups excluding carboxylic acids is 1. The Morgan fingerprint density at radius 1 is 1.29 bits per heavy atom. The number of nitrogens with zero attached hydrogens (tertiary/aromatic N) is 4. The van der Waals surface area contributed by atoms with Crippen molar-refractivity contribution in [2.24, 2.45) is 7.05 Å². The summed E-state index contributed by atoms with van der Waals surface area (Å²) in [4.78, 5) is 14.2. The predicted molar refractivity (Wildman–Crippen MR) is 79.3 cm³/mol. The van der Waals surface area contributed by atoms with Gasteiger partial charge in [-0.15, -0.1) is 0 Å². The molecule has 1 saturated heterocycles. The van der Waals surface area contributed by atoms with Gasteiger partial charge in [0.2, 0.25) is 10.0 Å². The van der Waals surface area contributed by atoms with Crippen molar-refractivity contribution in [3.63, 3.8) is 0 Å². The van der Waals surface area contributed by atoms with Crippen molar-refractivity contribution in [3.05, 3.63) is 11.4 Å². The quantitative estimate of drug-likeness (QED) is 0.793. The smallest absolute Gasteiger partial charge is 0.274 e. The number of piperazine rings is 1. The fraction of sp³-hybridized carbons (Fsp3) is 0.667.